The van der Waals surface area contributed by atoms with Gasteiger partial charge in [-0.25, -0.2) is 0 Å². The molecule has 0 radical (unpaired) electrons. The fourth-order valence-electron chi connectivity index (χ4n) is 5.38. The molecule has 0 unspecified atom stereocenters. The number of nitrogens with zero attached hydrogens (tertiary/aromatic N) is 4. The molecule has 2 fully saturated rings. The molecule has 2 aromatic rings. The second kappa shape index (κ2) is 10.7. The molecule has 0 spiro atoms. The summed E-state index contributed by atoms with van der Waals surface area (Å²) < 4.78 is 7.34. The van der Waals surface area contributed by atoms with Crippen molar-refractivity contribution in [3.63, 3.8) is 0 Å². The van der Waals surface area contributed by atoms with Crippen LogP contribution in [0.1, 0.15) is 36.1 Å². The Kier molecular flexibility index (Phi) is 7.51. The number of pyridine rings is 2. The van der Waals surface area contributed by atoms with E-state index in [0.717, 1.165) is 38.2 Å². The minimum atomic E-state index is -0.431. The van der Waals surface area contributed by atoms with Gasteiger partial charge in [-0.1, -0.05) is 12.1 Å². The molecule has 0 saturated carbocycles. The average molecular weight is 455 g/mol. The fraction of sp³-hybridized carbons (Fsp3) is 0.500. The van der Waals surface area contributed by atoms with E-state index in [-0.39, 0.29) is 29.8 Å². The van der Waals surface area contributed by atoms with E-state index in [1.165, 1.54) is 5.56 Å². The normalized spacial score (nSPS) is 24.6. The fourth-order valence-corrected chi connectivity index (χ4v) is 5.38. The van der Waals surface area contributed by atoms with Gasteiger partial charge in [-0.3, -0.25) is 28.8 Å². The van der Waals surface area contributed by atoms with Gasteiger partial charge in [0.25, 0.3) is 12.0 Å². The maximum Gasteiger partial charge on any atom is 0.290 e. The molecule has 2 bridgehead atoms. The number of aromatic nitrogens is 2. The highest BCUT2D eigenvalue weighted by atomic mass is 16.5. The topological polar surface area (TPSA) is 105 Å². The third kappa shape index (κ3) is 5.15. The molecular weight excluding hydrogens is 424 g/mol. The lowest BCUT2D eigenvalue weighted by Gasteiger charge is -2.47. The van der Waals surface area contributed by atoms with Gasteiger partial charge in [0, 0.05) is 75.3 Å². The van der Waals surface area contributed by atoms with Gasteiger partial charge in [-0.2, -0.15) is 0 Å². The van der Waals surface area contributed by atoms with Gasteiger partial charge < -0.3 is 14.7 Å². The van der Waals surface area contributed by atoms with E-state index in [0.29, 0.717) is 26.3 Å². The summed E-state index contributed by atoms with van der Waals surface area (Å²) in [4.78, 5) is 43.5. The quantitative estimate of drug-likeness (QED) is 0.698. The number of ether oxygens (including phenoxy) is 1. The Morgan fingerprint density at radius 3 is 2.82 bits per heavy atom. The van der Waals surface area contributed by atoms with Crippen molar-refractivity contribution >= 4 is 12.4 Å². The Bertz CT molecular complexity index is 1000. The van der Waals surface area contributed by atoms with Gasteiger partial charge in [-0.15, -0.1) is 0 Å². The van der Waals surface area contributed by atoms with Gasteiger partial charge >= 0.3 is 0 Å². The van der Waals surface area contributed by atoms with Gasteiger partial charge in [0.15, 0.2) is 0 Å². The number of likely N-dealkylation sites (tertiary alicyclic amines) is 1. The van der Waals surface area contributed by atoms with Crippen LogP contribution < -0.4 is 5.56 Å². The summed E-state index contributed by atoms with van der Waals surface area (Å²) in [5.74, 6) is 0.470. The van der Waals surface area contributed by atoms with Crippen molar-refractivity contribution in [2.45, 2.75) is 31.3 Å². The van der Waals surface area contributed by atoms with Crippen LogP contribution in [0.15, 0.2) is 47.5 Å². The lowest BCUT2D eigenvalue weighted by molar-refractivity contribution is -0.138. The van der Waals surface area contributed by atoms with Gasteiger partial charge in [0.1, 0.15) is 6.04 Å². The van der Waals surface area contributed by atoms with Crippen molar-refractivity contribution in [1.82, 2.24) is 19.4 Å². The first kappa shape index (κ1) is 23.1. The van der Waals surface area contributed by atoms with Gasteiger partial charge in [0.2, 0.25) is 5.91 Å². The van der Waals surface area contributed by atoms with Crippen molar-refractivity contribution < 1.29 is 19.4 Å². The Labute approximate surface area is 192 Å². The second-order valence-corrected chi connectivity index (χ2v) is 8.75. The van der Waals surface area contributed by atoms with E-state index in [2.05, 4.69) is 16.0 Å². The third-order valence-electron chi connectivity index (χ3n) is 6.64. The van der Waals surface area contributed by atoms with Gasteiger partial charge in [0.05, 0.1) is 6.61 Å². The molecule has 9 nitrogen and oxygen atoms in total. The predicted molar refractivity (Wildman–Crippen MR) is 121 cm³/mol. The summed E-state index contributed by atoms with van der Waals surface area (Å²) in [5, 5.41) is 6.89. The van der Waals surface area contributed by atoms with Gasteiger partial charge in [-0.05, 0) is 30.5 Å². The number of amides is 1. The minimum Gasteiger partial charge on any atom is -0.483 e. The zero-order valence-electron chi connectivity index (χ0n) is 18.6. The first-order valence-electron chi connectivity index (χ1n) is 11.4. The number of hydrogen-bond donors (Lipinski definition) is 1. The van der Waals surface area contributed by atoms with Crippen LogP contribution in [0.2, 0.25) is 0 Å². The summed E-state index contributed by atoms with van der Waals surface area (Å²) >= 11 is 0. The Hall–Kier alpha value is -3.04. The minimum absolute atomic E-state index is 0.0627. The number of carbonyl (C=O) groups excluding carboxylic acids is 1. The van der Waals surface area contributed by atoms with E-state index in [9.17, 15) is 9.59 Å². The number of carbonyl (C=O) groups is 2. The molecule has 1 N–H and O–H groups in total. The highest BCUT2D eigenvalue weighted by Gasteiger charge is 2.44. The number of carboxylic acid groups (broad SMARTS) is 1. The summed E-state index contributed by atoms with van der Waals surface area (Å²) in [5.41, 5.74) is 2.11. The molecular formula is C24H30N4O5. The molecule has 9 heteroatoms. The first-order chi connectivity index (χ1) is 16.1. The van der Waals surface area contributed by atoms with Crippen molar-refractivity contribution in [2.24, 2.45) is 5.92 Å². The first-order valence-corrected chi connectivity index (χ1v) is 11.4. The molecule has 3 aliphatic heterocycles. The van der Waals surface area contributed by atoms with Crippen molar-refractivity contribution in [2.75, 3.05) is 39.4 Å². The standard InChI is InChI=1S/C23H28N4O3.CH2O2/c28-21-6-1-5-20-18-12-19(16-25(15-18)14-17-4-2-7-24-13-17)22(27(20)21)23(29)26-8-3-10-30-11-9-26;2-1-3/h1-2,4-7,13,18-19,22H,3,8-12,14-16H2;1H,(H,2,3)/t18-,19+,22-;/m1./s1. The Morgan fingerprint density at radius 1 is 1.18 bits per heavy atom. The average Bonchev–Trinajstić information content (AvgIpc) is 3.10. The lowest BCUT2D eigenvalue weighted by Crippen LogP contribution is -2.54. The number of rotatable bonds is 3. The van der Waals surface area contributed by atoms with E-state index in [1.54, 1.807) is 16.8 Å². The molecule has 33 heavy (non-hydrogen) atoms. The molecule has 5 rings (SSSR count). The smallest absolute Gasteiger partial charge is 0.290 e. The monoisotopic (exact) mass is 454 g/mol. The Balaban J connectivity index is 0.000000821. The van der Waals surface area contributed by atoms with Crippen LogP contribution in [0.4, 0.5) is 0 Å². The molecule has 1 amide bonds. The largest absolute Gasteiger partial charge is 0.483 e. The number of hydrogen-bond acceptors (Lipinski definition) is 6. The highest BCUT2D eigenvalue weighted by Crippen LogP contribution is 2.42. The maximum atomic E-state index is 13.7. The van der Waals surface area contributed by atoms with Crippen LogP contribution in [0.3, 0.4) is 0 Å². The Morgan fingerprint density at radius 2 is 2.03 bits per heavy atom. The van der Waals surface area contributed by atoms with E-state index >= 15 is 0 Å². The van der Waals surface area contributed by atoms with E-state index in [4.69, 9.17) is 14.6 Å². The summed E-state index contributed by atoms with van der Waals surface area (Å²) in [6.07, 6.45) is 5.49. The second-order valence-electron chi connectivity index (χ2n) is 8.75. The third-order valence-corrected chi connectivity index (χ3v) is 6.64. The summed E-state index contributed by atoms with van der Waals surface area (Å²) in [7, 11) is 0. The number of fused-ring (bicyclic) bond motifs is 4. The van der Waals surface area contributed by atoms with Crippen LogP contribution >= 0.6 is 0 Å². The molecule has 3 aliphatic rings. The zero-order valence-corrected chi connectivity index (χ0v) is 18.6. The van der Waals surface area contributed by atoms with Crippen LogP contribution in [0.5, 0.6) is 0 Å². The number of piperidine rings is 1. The molecule has 176 valence electrons. The van der Waals surface area contributed by atoms with Crippen LogP contribution in [-0.4, -0.2) is 76.2 Å². The zero-order chi connectivity index (χ0) is 23.2. The van der Waals surface area contributed by atoms with E-state index < -0.39 is 6.04 Å². The molecule has 3 atom stereocenters. The van der Waals surface area contributed by atoms with Crippen molar-refractivity contribution in [1.29, 1.82) is 0 Å². The van der Waals surface area contributed by atoms with Crippen molar-refractivity contribution in [3.05, 3.63) is 64.3 Å². The van der Waals surface area contributed by atoms with Crippen LogP contribution in [-0.2, 0) is 20.9 Å². The molecule has 0 aromatic carbocycles. The molecule has 0 aliphatic carbocycles. The highest BCUT2D eigenvalue weighted by molar-refractivity contribution is 5.81. The van der Waals surface area contributed by atoms with Crippen LogP contribution in [0.25, 0.3) is 0 Å². The van der Waals surface area contributed by atoms with E-state index in [1.807, 2.05) is 29.3 Å². The van der Waals surface area contributed by atoms with Crippen LogP contribution in [0, 0.1) is 5.92 Å². The summed E-state index contributed by atoms with van der Waals surface area (Å²) in [6, 6.07) is 9.07. The predicted octanol–water partition coefficient (Wildman–Crippen LogP) is 1.35. The summed E-state index contributed by atoms with van der Waals surface area (Å²) in [6.45, 7) is 4.82. The lowest BCUT2D eigenvalue weighted by atomic mass is 9.77. The van der Waals surface area contributed by atoms with Crippen molar-refractivity contribution in [3.8, 4) is 0 Å². The maximum absolute atomic E-state index is 13.7. The molecule has 5 heterocycles. The SMILES string of the molecule is O=C([C@H]1[C@H]2C[C@H](CN(Cc3cccnc3)C2)c2cccc(=O)n21)N1CCCOCC1.O=CO. The molecule has 2 saturated heterocycles. The molecule has 2 aromatic heterocycles.